The van der Waals surface area contributed by atoms with Gasteiger partial charge in [0.1, 0.15) is 15.9 Å². The number of anilines is 1. The molecule has 3 rings (SSSR count). The first-order chi connectivity index (χ1) is 14.0. The van der Waals surface area contributed by atoms with E-state index in [0.29, 0.717) is 33.6 Å². The minimum atomic E-state index is -0.362. The third kappa shape index (κ3) is 5.65. The van der Waals surface area contributed by atoms with E-state index < -0.39 is 0 Å². The van der Waals surface area contributed by atoms with E-state index in [9.17, 15) is 14.0 Å². The summed E-state index contributed by atoms with van der Waals surface area (Å²) in [6.07, 6.45) is 2.47. The number of amides is 2. The molecule has 1 heterocycles. The van der Waals surface area contributed by atoms with Gasteiger partial charge < -0.3 is 10.1 Å². The normalized spacial score (nSPS) is 15.1. The van der Waals surface area contributed by atoms with Gasteiger partial charge in [-0.3, -0.25) is 14.5 Å². The van der Waals surface area contributed by atoms with Crippen molar-refractivity contribution in [2.45, 2.75) is 12.8 Å². The van der Waals surface area contributed by atoms with Gasteiger partial charge in [0.05, 0.1) is 12.0 Å². The predicted octanol–water partition coefficient (Wildman–Crippen LogP) is 4.45. The van der Waals surface area contributed by atoms with Gasteiger partial charge in [-0.15, -0.1) is 0 Å². The van der Waals surface area contributed by atoms with Gasteiger partial charge in [0, 0.05) is 18.7 Å². The summed E-state index contributed by atoms with van der Waals surface area (Å²) < 4.78 is 18.6. The van der Waals surface area contributed by atoms with Gasteiger partial charge in [0.2, 0.25) is 5.91 Å². The molecule has 0 aromatic heterocycles. The molecule has 1 saturated heterocycles. The van der Waals surface area contributed by atoms with Crippen LogP contribution in [0.5, 0.6) is 5.75 Å². The summed E-state index contributed by atoms with van der Waals surface area (Å²) >= 11 is 6.57. The molecule has 0 radical (unpaired) electrons. The molecule has 1 aliphatic rings. The van der Waals surface area contributed by atoms with Crippen molar-refractivity contribution < 1.29 is 18.7 Å². The van der Waals surface area contributed by atoms with Gasteiger partial charge >= 0.3 is 0 Å². The molecule has 2 amide bonds. The molecule has 0 spiro atoms. The standard InChI is InChI=1S/C21H19FN2O3S2/c1-27-17-5-2-4-14(12-17)13-18-20(26)24(21(28)29-18)11-3-6-19(25)23-16-9-7-15(22)8-10-16/h2,4-5,7-10,12-13H,3,6,11H2,1H3,(H,23,25)/b18-13-. The number of thioether (sulfide) groups is 1. The molecule has 8 heteroatoms. The van der Waals surface area contributed by atoms with Crippen LogP contribution >= 0.6 is 24.0 Å². The lowest BCUT2D eigenvalue weighted by Gasteiger charge is -2.14. The Hall–Kier alpha value is -2.71. The molecule has 0 bridgehead atoms. The molecule has 0 unspecified atom stereocenters. The SMILES string of the molecule is COc1cccc(/C=C2\SC(=S)N(CCCC(=O)Nc3ccc(F)cc3)C2=O)c1. The van der Waals surface area contributed by atoms with E-state index in [-0.39, 0.29) is 24.1 Å². The zero-order chi connectivity index (χ0) is 20.8. The Morgan fingerprint density at radius 2 is 2.03 bits per heavy atom. The van der Waals surface area contributed by atoms with Crippen LogP contribution in [-0.4, -0.2) is 34.7 Å². The number of benzene rings is 2. The van der Waals surface area contributed by atoms with Crippen LogP contribution in [0.25, 0.3) is 6.08 Å². The van der Waals surface area contributed by atoms with E-state index >= 15 is 0 Å². The van der Waals surface area contributed by atoms with Crippen LogP contribution in [-0.2, 0) is 9.59 Å². The molecule has 1 fully saturated rings. The predicted molar refractivity (Wildman–Crippen MR) is 117 cm³/mol. The summed E-state index contributed by atoms with van der Waals surface area (Å²) in [4.78, 5) is 26.7. The van der Waals surface area contributed by atoms with Crippen molar-refractivity contribution in [3.05, 3.63) is 64.8 Å². The molecule has 1 aliphatic heterocycles. The van der Waals surface area contributed by atoms with Crippen molar-refractivity contribution in [3.8, 4) is 5.75 Å². The van der Waals surface area contributed by atoms with Gasteiger partial charge in [0.25, 0.3) is 5.91 Å². The topological polar surface area (TPSA) is 58.6 Å². The van der Waals surface area contributed by atoms with Crippen LogP contribution < -0.4 is 10.1 Å². The summed E-state index contributed by atoms with van der Waals surface area (Å²) in [6, 6.07) is 13.0. The number of methoxy groups -OCH3 is 1. The molecule has 0 atom stereocenters. The zero-order valence-electron chi connectivity index (χ0n) is 15.7. The second-order valence-corrected chi connectivity index (χ2v) is 7.94. The van der Waals surface area contributed by atoms with E-state index in [1.807, 2.05) is 24.3 Å². The fourth-order valence-corrected chi connectivity index (χ4v) is 4.04. The van der Waals surface area contributed by atoms with Crippen LogP contribution in [0.1, 0.15) is 18.4 Å². The van der Waals surface area contributed by atoms with Gasteiger partial charge in [-0.1, -0.05) is 36.1 Å². The zero-order valence-corrected chi connectivity index (χ0v) is 17.3. The number of carbonyl (C=O) groups excluding carboxylic acids is 2. The monoisotopic (exact) mass is 430 g/mol. The molecule has 0 aliphatic carbocycles. The highest BCUT2D eigenvalue weighted by Gasteiger charge is 2.31. The van der Waals surface area contributed by atoms with Crippen LogP contribution in [0.2, 0.25) is 0 Å². The van der Waals surface area contributed by atoms with Crippen molar-refractivity contribution in [3.63, 3.8) is 0 Å². The van der Waals surface area contributed by atoms with E-state index in [2.05, 4.69) is 5.32 Å². The largest absolute Gasteiger partial charge is 0.497 e. The van der Waals surface area contributed by atoms with Crippen LogP contribution in [0.15, 0.2) is 53.4 Å². The number of hydrogen-bond donors (Lipinski definition) is 1. The number of nitrogens with one attached hydrogen (secondary N) is 1. The lowest BCUT2D eigenvalue weighted by Crippen LogP contribution is -2.29. The first-order valence-electron chi connectivity index (χ1n) is 8.91. The van der Waals surface area contributed by atoms with Crippen molar-refractivity contribution in [2.75, 3.05) is 19.0 Å². The van der Waals surface area contributed by atoms with Crippen LogP contribution in [0, 0.1) is 5.82 Å². The quantitative estimate of drug-likeness (QED) is 0.519. The van der Waals surface area contributed by atoms with Crippen molar-refractivity contribution in [2.24, 2.45) is 0 Å². The van der Waals surface area contributed by atoms with E-state index in [0.717, 1.165) is 5.56 Å². The highest BCUT2D eigenvalue weighted by atomic mass is 32.2. The molecule has 29 heavy (non-hydrogen) atoms. The Kier molecular flexibility index (Phi) is 7.00. The van der Waals surface area contributed by atoms with Crippen LogP contribution in [0.3, 0.4) is 0 Å². The third-order valence-corrected chi connectivity index (χ3v) is 5.56. The Morgan fingerprint density at radius 1 is 1.28 bits per heavy atom. The molecule has 2 aromatic carbocycles. The molecule has 5 nitrogen and oxygen atoms in total. The van der Waals surface area contributed by atoms with Crippen molar-refractivity contribution in [1.29, 1.82) is 0 Å². The maximum absolute atomic E-state index is 12.9. The number of nitrogens with zero attached hydrogens (tertiary/aromatic N) is 1. The average Bonchev–Trinajstić information content (AvgIpc) is 2.97. The van der Waals surface area contributed by atoms with Gasteiger partial charge in [-0.2, -0.15) is 0 Å². The highest BCUT2D eigenvalue weighted by molar-refractivity contribution is 8.26. The average molecular weight is 431 g/mol. The molecular weight excluding hydrogens is 411 g/mol. The van der Waals surface area contributed by atoms with Crippen LogP contribution in [0.4, 0.5) is 10.1 Å². The molecule has 150 valence electrons. The lowest BCUT2D eigenvalue weighted by molar-refractivity contribution is -0.122. The van der Waals surface area contributed by atoms with Gasteiger partial charge in [-0.05, 0) is 54.5 Å². The number of hydrogen-bond acceptors (Lipinski definition) is 5. The summed E-state index contributed by atoms with van der Waals surface area (Å²) in [5.74, 6) is -0.0171. The third-order valence-electron chi connectivity index (χ3n) is 4.18. The highest BCUT2D eigenvalue weighted by Crippen LogP contribution is 2.33. The molecule has 0 saturated carbocycles. The number of halogens is 1. The Bertz CT molecular complexity index is 961. The summed E-state index contributed by atoms with van der Waals surface area (Å²) in [5.41, 5.74) is 1.38. The van der Waals surface area contributed by atoms with Gasteiger partial charge in [0.15, 0.2) is 0 Å². The Balaban J connectivity index is 1.54. The van der Waals surface area contributed by atoms with Gasteiger partial charge in [-0.25, -0.2) is 4.39 Å². The van der Waals surface area contributed by atoms with E-state index in [4.69, 9.17) is 17.0 Å². The Labute approximate surface area is 177 Å². The smallest absolute Gasteiger partial charge is 0.266 e. The minimum absolute atomic E-state index is 0.165. The number of thiocarbonyl (C=S) groups is 1. The molecular formula is C21H19FN2O3S2. The fourth-order valence-electron chi connectivity index (χ4n) is 2.73. The van der Waals surface area contributed by atoms with E-state index in [1.54, 1.807) is 13.2 Å². The second-order valence-electron chi connectivity index (χ2n) is 6.27. The minimum Gasteiger partial charge on any atom is -0.497 e. The summed E-state index contributed by atoms with van der Waals surface area (Å²) in [7, 11) is 1.59. The first-order valence-corrected chi connectivity index (χ1v) is 10.1. The fraction of sp³-hybridized carbons (Fsp3) is 0.190. The first kappa shape index (κ1) is 21.0. The molecule has 1 N–H and O–H groups in total. The molecule has 2 aromatic rings. The summed E-state index contributed by atoms with van der Waals surface area (Å²) in [6.45, 7) is 0.358. The van der Waals surface area contributed by atoms with Crippen molar-refractivity contribution >= 4 is 51.9 Å². The second kappa shape index (κ2) is 9.67. The maximum atomic E-state index is 12.9. The lowest BCUT2D eigenvalue weighted by atomic mass is 10.2. The summed E-state index contributed by atoms with van der Waals surface area (Å²) in [5, 5.41) is 2.70. The van der Waals surface area contributed by atoms with Crippen molar-refractivity contribution in [1.82, 2.24) is 4.90 Å². The number of carbonyl (C=O) groups is 2. The number of ether oxygens (including phenoxy) is 1. The number of rotatable bonds is 7. The van der Waals surface area contributed by atoms with E-state index in [1.165, 1.54) is 40.9 Å². The maximum Gasteiger partial charge on any atom is 0.266 e. The Morgan fingerprint density at radius 3 is 2.76 bits per heavy atom.